The molecular weight excluding hydrogens is 605 g/mol. The van der Waals surface area contributed by atoms with Crippen molar-refractivity contribution in [3.8, 4) is 0 Å². The summed E-state index contributed by atoms with van der Waals surface area (Å²) in [6.45, 7) is 5.58. The quantitative estimate of drug-likeness (QED) is 0.193. The first-order valence-electron chi connectivity index (χ1n) is 15.5. The van der Waals surface area contributed by atoms with Gasteiger partial charge >= 0.3 is 6.18 Å². The van der Waals surface area contributed by atoms with Crippen molar-refractivity contribution in [1.82, 2.24) is 20.1 Å². The molecule has 11 heteroatoms. The van der Waals surface area contributed by atoms with Gasteiger partial charge in [-0.15, -0.1) is 12.4 Å². The summed E-state index contributed by atoms with van der Waals surface area (Å²) in [5, 5.41) is 17.2. The number of alkyl halides is 3. The Hall–Kier alpha value is -3.34. The number of aliphatic hydroxyl groups excluding tert-OH is 1. The Balaban J connectivity index is 0.00000552. The maximum absolute atomic E-state index is 13.7. The molecule has 2 atom stereocenters. The van der Waals surface area contributed by atoms with Crippen LogP contribution in [0.1, 0.15) is 83.6 Å². The monoisotopic (exact) mass is 648 g/mol. The lowest BCUT2D eigenvalue weighted by Gasteiger charge is -2.30. The number of carbonyl (C=O) groups excluding carboxylic acids is 2. The molecule has 246 valence electrons. The first-order valence-corrected chi connectivity index (χ1v) is 15.5. The zero-order valence-corrected chi connectivity index (χ0v) is 26.7. The Morgan fingerprint density at radius 1 is 0.956 bits per heavy atom. The van der Waals surface area contributed by atoms with Crippen LogP contribution in [0.15, 0.2) is 66.7 Å². The van der Waals surface area contributed by atoms with Gasteiger partial charge in [-0.1, -0.05) is 75.2 Å². The molecule has 0 unspecified atom stereocenters. The molecule has 0 spiro atoms. The number of hydrogen-bond acceptors (Lipinski definition) is 4. The average Bonchev–Trinajstić information content (AvgIpc) is 3.36. The number of fused-ring (bicyclic) bond motifs is 1. The van der Waals surface area contributed by atoms with E-state index in [4.69, 9.17) is 0 Å². The van der Waals surface area contributed by atoms with Crippen molar-refractivity contribution in [2.75, 3.05) is 13.1 Å². The van der Waals surface area contributed by atoms with E-state index in [-0.39, 0.29) is 37.4 Å². The summed E-state index contributed by atoms with van der Waals surface area (Å²) >= 11 is 0. The first kappa shape index (κ1) is 36.1. The van der Waals surface area contributed by atoms with Crippen molar-refractivity contribution in [2.45, 2.75) is 89.8 Å². The molecule has 4 rings (SSSR count). The minimum Gasteiger partial charge on any atom is -0.390 e. The van der Waals surface area contributed by atoms with Gasteiger partial charge in [0.25, 0.3) is 11.8 Å². The van der Waals surface area contributed by atoms with E-state index in [1.165, 1.54) is 6.07 Å². The molecule has 3 aromatic rings. The fourth-order valence-electron chi connectivity index (χ4n) is 5.97. The Morgan fingerprint density at radius 3 is 2.31 bits per heavy atom. The normalized spacial score (nSPS) is 14.8. The number of nitrogens with one attached hydrogen (secondary N) is 2. The van der Waals surface area contributed by atoms with Crippen LogP contribution in [0.3, 0.4) is 0 Å². The van der Waals surface area contributed by atoms with Gasteiger partial charge in [-0.3, -0.25) is 9.59 Å². The van der Waals surface area contributed by atoms with E-state index in [0.717, 1.165) is 49.8 Å². The number of nitrogens with zero attached hydrogens (tertiary/aromatic N) is 2. The lowest BCUT2D eigenvalue weighted by atomic mass is 10.0. The van der Waals surface area contributed by atoms with Crippen LogP contribution in [0.25, 0.3) is 0 Å². The molecule has 0 aliphatic carbocycles. The first-order chi connectivity index (χ1) is 21.1. The Morgan fingerprint density at radius 2 is 1.64 bits per heavy atom. The number of benzene rings is 2. The summed E-state index contributed by atoms with van der Waals surface area (Å²) in [5.41, 5.74) is 1.47. The molecular formula is C34H44ClF3N4O3. The van der Waals surface area contributed by atoms with Gasteiger partial charge in [0.15, 0.2) is 0 Å². The van der Waals surface area contributed by atoms with Crippen LogP contribution >= 0.6 is 12.4 Å². The molecule has 1 aromatic heterocycles. The van der Waals surface area contributed by atoms with E-state index in [0.29, 0.717) is 36.5 Å². The SMILES string of the molecule is CCCC(CCC)N1CCCn2c(C(=O)N[C@@H](Cc3ccccc3)[C@H](O)CNCc3cccc(C(F)(F)F)c3)ccc2C1=O.Cl. The molecule has 3 N–H and O–H groups in total. The van der Waals surface area contributed by atoms with E-state index < -0.39 is 29.8 Å². The Bertz CT molecular complexity index is 1380. The lowest BCUT2D eigenvalue weighted by molar-refractivity contribution is -0.137. The van der Waals surface area contributed by atoms with E-state index in [1.807, 2.05) is 35.2 Å². The van der Waals surface area contributed by atoms with Crippen LogP contribution < -0.4 is 10.6 Å². The highest BCUT2D eigenvalue weighted by atomic mass is 35.5. The predicted molar refractivity (Wildman–Crippen MR) is 171 cm³/mol. The van der Waals surface area contributed by atoms with Gasteiger partial charge in [-0.05, 0) is 55.0 Å². The standard InChI is InChI=1S/C34H43F3N4O3.ClH/c1-3-10-27(11-4-2)40-18-9-19-41-29(16-17-30(41)33(40)44)32(43)39-28(21-24-12-6-5-7-13-24)31(42)23-38-22-25-14-8-15-26(20-25)34(35,36)37;/h5-8,12-17,20,27-28,31,38,42H,3-4,9-11,18-19,21-23H2,1-2H3,(H,39,43);1H/t28-,31+;/m0./s1. The van der Waals surface area contributed by atoms with Gasteiger partial charge in [0, 0.05) is 32.2 Å². The number of hydrogen-bond donors (Lipinski definition) is 3. The highest BCUT2D eigenvalue weighted by Gasteiger charge is 2.32. The molecule has 2 amide bonds. The lowest BCUT2D eigenvalue weighted by Crippen LogP contribution is -2.49. The molecule has 0 saturated heterocycles. The molecule has 2 heterocycles. The van der Waals surface area contributed by atoms with Crippen molar-refractivity contribution in [2.24, 2.45) is 0 Å². The molecule has 0 bridgehead atoms. The number of halogens is 4. The fourth-order valence-corrected chi connectivity index (χ4v) is 5.97. The van der Waals surface area contributed by atoms with Crippen LogP contribution in [-0.2, 0) is 25.7 Å². The van der Waals surface area contributed by atoms with Crippen molar-refractivity contribution in [3.05, 3.63) is 94.8 Å². The third kappa shape index (κ3) is 9.58. The summed E-state index contributed by atoms with van der Waals surface area (Å²) in [7, 11) is 0. The van der Waals surface area contributed by atoms with Gasteiger partial charge in [-0.25, -0.2) is 0 Å². The predicted octanol–water partition coefficient (Wildman–Crippen LogP) is 6.24. The molecule has 45 heavy (non-hydrogen) atoms. The summed E-state index contributed by atoms with van der Waals surface area (Å²) in [6, 6.07) is 17.3. The average molecular weight is 649 g/mol. The molecule has 0 saturated carbocycles. The summed E-state index contributed by atoms with van der Waals surface area (Å²) < 4.78 is 41.1. The molecule has 2 aromatic carbocycles. The minimum absolute atomic E-state index is 0. The molecule has 0 fully saturated rings. The van der Waals surface area contributed by atoms with Crippen molar-refractivity contribution in [1.29, 1.82) is 0 Å². The second-order valence-corrected chi connectivity index (χ2v) is 11.5. The zero-order chi connectivity index (χ0) is 31.7. The Kier molecular flexibility index (Phi) is 13.5. The zero-order valence-electron chi connectivity index (χ0n) is 25.9. The third-order valence-electron chi connectivity index (χ3n) is 8.17. The van der Waals surface area contributed by atoms with E-state index in [2.05, 4.69) is 24.5 Å². The molecule has 7 nitrogen and oxygen atoms in total. The third-order valence-corrected chi connectivity index (χ3v) is 8.17. The van der Waals surface area contributed by atoms with Crippen LogP contribution in [0.4, 0.5) is 13.2 Å². The summed E-state index contributed by atoms with van der Waals surface area (Å²) in [5.74, 6) is -0.456. The van der Waals surface area contributed by atoms with Gasteiger partial charge in [0.05, 0.1) is 17.7 Å². The number of rotatable bonds is 14. The minimum atomic E-state index is -4.44. The van der Waals surface area contributed by atoms with Crippen LogP contribution in [0.2, 0.25) is 0 Å². The van der Waals surface area contributed by atoms with Crippen molar-refractivity contribution < 1.29 is 27.9 Å². The highest BCUT2D eigenvalue weighted by molar-refractivity contribution is 5.98. The Labute approximate surface area is 269 Å². The van der Waals surface area contributed by atoms with Crippen LogP contribution in [-0.4, -0.2) is 57.7 Å². The second-order valence-electron chi connectivity index (χ2n) is 11.5. The van der Waals surface area contributed by atoms with Gasteiger partial charge < -0.3 is 25.2 Å². The molecule has 0 radical (unpaired) electrons. The largest absolute Gasteiger partial charge is 0.416 e. The topological polar surface area (TPSA) is 86.6 Å². The van der Waals surface area contributed by atoms with E-state index >= 15 is 0 Å². The van der Waals surface area contributed by atoms with Crippen molar-refractivity contribution in [3.63, 3.8) is 0 Å². The summed E-state index contributed by atoms with van der Waals surface area (Å²) in [4.78, 5) is 29.2. The number of aliphatic hydroxyl groups is 1. The number of aromatic nitrogens is 1. The molecule has 1 aliphatic heterocycles. The number of carbonyl (C=O) groups is 2. The maximum atomic E-state index is 13.7. The van der Waals surface area contributed by atoms with Gasteiger partial charge in [0.2, 0.25) is 0 Å². The van der Waals surface area contributed by atoms with E-state index in [1.54, 1.807) is 22.8 Å². The van der Waals surface area contributed by atoms with Crippen LogP contribution in [0, 0.1) is 0 Å². The van der Waals surface area contributed by atoms with Gasteiger partial charge in [0.1, 0.15) is 11.4 Å². The van der Waals surface area contributed by atoms with E-state index in [9.17, 15) is 27.9 Å². The summed E-state index contributed by atoms with van der Waals surface area (Å²) in [6.07, 6.45) is -0.547. The smallest absolute Gasteiger partial charge is 0.390 e. The molecule has 1 aliphatic rings. The van der Waals surface area contributed by atoms with Crippen molar-refractivity contribution >= 4 is 24.2 Å². The number of amides is 2. The maximum Gasteiger partial charge on any atom is 0.416 e. The highest BCUT2D eigenvalue weighted by Crippen LogP contribution is 2.29. The van der Waals surface area contributed by atoms with Crippen LogP contribution in [0.5, 0.6) is 0 Å². The fraction of sp³-hybridized carbons (Fsp3) is 0.471. The second kappa shape index (κ2) is 16.8. The van der Waals surface area contributed by atoms with Gasteiger partial charge in [-0.2, -0.15) is 13.2 Å².